The van der Waals surface area contributed by atoms with Gasteiger partial charge in [-0.3, -0.25) is 5.32 Å². The van der Waals surface area contributed by atoms with Gasteiger partial charge in [0.2, 0.25) is 0 Å². The molecule has 0 saturated heterocycles. The Labute approximate surface area is 134 Å². The molecule has 0 radical (unpaired) electrons. The first-order valence-electron chi connectivity index (χ1n) is 6.81. The number of ether oxygens (including phenoxy) is 2. The normalized spacial score (nSPS) is 12.4. The molecule has 6 nitrogen and oxygen atoms in total. The summed E-state index contributed by atoms with van der Waals surface area (Å²) in [6.07, 6.45) is -0.622. The van der Waals surface area contributed by atoms with E-state index < -0.39 is 23.7 Å². The zero-order chi connectivity index (χ0) is 16.8. The van der Waals surface area contributed by atoms with E-state index in [1.807, 2.05) is 0 Å². The van der Waals surface area contributed by atoms with E-state index >= 15 is 0 Å². The number of alkyl halides is 1. The smallest absolute Gasteiger partial charge is 0.411 e. The fraction of sp³-hybridized carbons (Fsp3) is 0.467. The van der Waals surface area contributed by atoms with Gasteiger partial charge < -0.3 is 15.2 Å². The van der Waals surface area contributed by atoms with Crippen molar-refractivity contribution in [2.75, 3.05) is 17.8 Å². The molecule has 1 amide bonds. The van der Waals surface area contributed by atoms with Gasteiger partial charge in [-0.2, -0.15) is 0 Å². The molecule has 0 spiro atoms. The van der Waals surface area contributed by atoms with Crippen LogP contribution in [0.15, 0.2) is 24.3 Å². The van der Waals surface area contributed by atoms with E-state index in [0.29, 0.717) is 11.3 Å². The van der Waals surface area contributed by atoms with E-state index in [4.69, 9.17) is 26.8 Å². The van der Waals surface area contributed by atoms with E-state index in [0.717, 1.165) is 0 Å². The summed E-state index contributed by atoms with van der Waals surface area (Å²) < 4.78 is 10.0. The first-order chi connectivity index (χ1) is 10.2. The van der Waals surface area contributed by atoms with Crippen LogP contribution in [0.5, 0.6) is 0 Å². The second kappa shape index (κ2) is 8.00. The third-order valence-corrected chi connectivity index (χ3v) is 2.62. The van der Waals surface area contributed by atoms with Crippen LogP contribution in [0, 0.1) is 0 Å². The van der Waals surface area contributed by atoms with Gasteiger partial charge in [-0.05, 0) is 38.5 Å². The van der Waals surface area contributed by atoms with Crippen molar-refractivity contribution in [3.05, 3.63) is 29.8 Å². The molecular weight excluding hydrogens is 308 g/mol. The topological polar surface area (TPSA) is 90.6 Å². The molecule has 0 aliphatic carbocycles. The first-order valence-corrected chi connectivity index (χ1v) is 7.34. The minimum atomic E-state index is -0.931. The molecule has 0 bridgehead atoms. The molecule has 0 aliphatic heterocycles. The van der Waals surface area contributed by atoms with Crippen LogP contribution in [-0.4, -0.2) is 30.2 Å². The molecule has 1 rings (SSSR count). The number of carbonyl (C=O) groups excluding carboxylic acids is 2. The second-order valence-corrected chi connectivity index (χ2v) is 5.96. The Morgan fingerprint density at radius 3 is 2.64 bits per heavy atom. The van der Waals surface area contributed by atoms with Crippen molar-refractivity contribution in [1.82, 2.24) is 0 Å². The Morgan fingerprint density at radius 2 is 2.05 bits per heavy atom. The maximum atomic E-state index is 12.0. The SMILES string of the molecule is CC(C)(C)OC(=O)C(N)c1cccc(NC(=O)OCCCl)c1. The van der Waals surface area contributed by atoms with Crippen molar-refractivity contribution in [3.8, 4) is 0 Å². The number of nitrogens with two attached hydrogens (primary N) is 1. The summed E-state index contributed by atoms with van der Waals surface area (Å²) in [6, 6.07) is 5.68. The van der Waals surface area contributed by atoms with E-state index in [1.54, 1.807) is 45.0 Å². The van der Waals surface area contributed by atoms with Gasteiger partial charge in [0.15, 0.2) is 0 Å². The lowest BCUT2D eigenvalue weighted by Crippen LogP contribution is -2.31. The van der Waals surface area contributed by atoms with Crippen molar-refractivity contribution >= 4 is 29.4 Å². The molecule has 0 saturated carbocycles. The summed E-state index contributed by atoms with van der Waals surface area (Å²) in [5.41, 5.74) is 6.27. The van der Waals surface area contributed by atoms with E-state index in [1.165, 1.54) is 0 Å². The number of benzene rings is 1. The predicted octanol–water partition coefficient (Wildman–Crippen LogP) is 2.82. The third-order valence-electron chi connectivity index (χ3n) is 2.46. The minimum Gasteiger partial charge on any atom is -0.459 e. The van der Waals surface area contributed by atoms with Gasteiger partial charge in [0.25, 0.3) is 0 Å². The molecular formula is C15H21ClN2O4. The summed E-state index contributed by atoms with van der Waals surface area (Å²) in [7, 11) is 0. The number of halogens is 1. The van der Waals surface area contributed by atoms with Gasteiger partial charge in [0, 0.05) is 5.69 Å². The third kappa shape index (κ3) is 6.32. The average molecular weight is 329 g/mol. The summed E-state index contributed by atoms with van der Waals surface area (Å²) in [5.74, 6) is -0.314. The molecule has 7 heteroatoms. The van der Waals surface area contributed by atoms with Crippen molar-refractivity contribution in [2.45, 2.75) is 32.4 Å². The van der Waals surface area contributed by atoms with Crippen LogP contribution < -0.4 is 11.1 Å². The monoisotopic (exact) mass is 328 g/mol. The van der Waals surface area contributed by atoms with Gasteiger partial charge in [-0.15, -0.1) is 11.6 Å². The summed E-state index contributed by atoms with van der Waals surface area (Å²) >= 11 is 5.43. The molecule has 0 aromatic heterocycles. The van der Waals surface area contributed by atoms with E-state index in [2.05, 4.69) is 5.32 Å². The van der Waals surface area contributed by atoms with Crippen LogP contribution in [0.1, 0.15) is 32.4 Å². The first kappa shape index (κ1) is 18.3. The number of rotatable bonds is 5. The number of hydrogen-bond donors (Lipinski definition) is 2. The molecule has 0 heterocycles. The fourth-order valence-corrected chi connectivity index (χ4v) is 1.67. The number of hydrogen-bond acceptors (Lipinski definition) is 5. The Hall–Kier alpha value is -1.79. The Kier molecular flexibility index (Phi) is 6.64. The highest BCUT2D eigenvalue weighted by Crippen LogP contribution is 2.19. The summed E-state index contributed by atoms with van der Waals surface area (Å²) in [6.45, 7) is 5.41. The van der Waals surface area contributed by atoms with E-state index in [-0.39, 0.29) is 12.5 Å². The zero-order valence-electron chi connectivity index (χ0n) is 12.9. The molecule has 0 fully saturated rings. The Bertz CT molecular complexity index is 529. The number of esters is 1. The van der Waals surface area contributed by atoms with Crippen molar-refractivity contribution in [3.63, 3.8) is 0 Å². The van der Waals surface area contributed by atoms with Crippen molar-refractivity contribution in [1.29, 1.82) is 0 Å². The Balaban J connectivity index is 2.74. The Morgan fingerprint density at radius 1 is 1.36 bits per heavy atom. The standard InChI is InChI=1S/C15H21ClN2O4/c1-15(2,3)22-13(19)12(17)10-5-4-6-11(9-10)18-14(20)21-8-7-16/h4-6,9,12H,7-8,17H2,1-3H3,(H,18,20). The quantitative estimate of drug-likeness (QED) is 0.640. The maximum Gasteiger partial charge on any atom is 0.411 e. The number of carbonyl (C=O) groups is 2. The van der Waals surface area contributed by atoms with Crippen molar-refractivity contribution < 1.29 is 19.1 Å². The van der Waals surface area contributed by atoms with Crippen molar-refractivity contribution in [2.24, 2.45) is 5.73 Å². The molecule has 3 N–H and O–H groups in total. The lowest BCUT2D eigenvalue weighted by atomic mass is 10.1. The molecule has 1 atom stereocenters. The lowest BCUT2D eigenvalue weighted by Gasteiger charge is -2.22. The van der Waals surface area contributed by atoms with Crippen LogP contribution in [0.4, 0.5) is 10.5 Å². The van der Waals surface area contributed by atoms with Crippen LogP contribution in [0.2, 0.25) is 0 Å². The van der Waals surface area contributed by atoms with Crippen LogP contribution >= 0.6 is 11.6 Å². The average Bonchev–Trinajstić information content (AvgIpc) is 2.42. The highest BCUT2D eigenvalue weighted by molar-refractivity contribution is 6.18. The summed E-state index contributed by atoms with van der Waals surface area (Å²) in [5, 5.41) is 2.53. The predicted molar refractivity (Wildman–Crippen MR) is 84.9 cm³/mol. The molecule has 22 heavy (non-hydrogen) atoms. The molecule has 0 aliphatic rings. The number of anilines is 1. The highest BCUT2D eigenvalue weighted by Gasteiger charge is 2.23. The largest absolute Gasteiger partial charge is 0.459 e. The molecule has 1 aromatic rings. The van der Waals surface area contributed by atoms with Gasteiger partial charge in [-0.25, -0.2) is 9.59 Å². The van der Waals surface area contributed by atoms with Gasteiger partial charge in [0.1, 0.15) is 18.2 Å². The highest BCUT2D eigenvalue weighted by atomic mass is 35.5. The number of amides is 1. The molecule has 1 unspecified atom stereocenters. The zero-order valence-corrected chi connectivity index (χ0v) is 13.6. The second-order valence-electron chi connectivity index (χ2n) is 5.59. The van der Waals surface area contributed by atoms with E-state index in [9.17, 15) is 9.59 Å². The summed E-state index contributed by atoms with van der Waals surface area (Å²) in [4.78, 5) is 23.4. The fourth-order valence-electron chi connectivity index (χ4n) is 1.60. The van der Waals surface area contributed by atoms with Crippen LogP contribution in [-0.2, 0) is 14.3 Å². The molecule has 122 valence electrons. The van der Waals surface area contributed by atoms with Crippen LogP contribution in [0.25, 0.3) is 0 Å². The maximum absolute atomic E-state index is 12.0. The van der Waals surface area contributed by atoms with Gasteiger partial charge in [0.05, 0.1) is 5.88 Å². The van der Waals surface area contributed by atoms with Crippen LogP contribution in [0.3, 0.4) is 0 Å². The number of nitrogens with one attached hydrogen (secondary N) is 1. The van der Waals surface area contributed by atoms with Gasteiger partial charge >= 0.3 is 12.1 Å². The lowest BCUT2D eigenvalue weighted by molar-refractivity contribution is -0.156. The van der Waals surface area contributed by atoms with Gasteiger partial charge in [-0.1, -0.05) is 12.1 Å². The molecule has 1 aromatic carbocycles. The minimum absolute atomic E-state index is 0.116.